The Morgan fingerprint density at radius 2 is 2.10 bits per heavy atom. The lowest BCUT2D eigenvalue weighted by Crippen LogP contribution is -2.29. The number of thiocarbonyl (C=S) groups is 1. The van der Waals surface area contributed by atoms with Crippen LogP contribution in [-0.4, -0.2) is 38.1 Å². The first kappa shape index (κ1) is 15.9. The fourth-order valence-corrected chi connectivity index (χ4v) is 2.16. The van der Waals surface area contributed by atoms with Crippen molar-refractivity contribution in [3.8, 4) is 11.5 Å². The van der Waals surface area contributed by atoms with Gasteiger partial charge >= 0.3 is 0 Å². The first-order valence-electron chi connectivity index (χ1n) is 7.32. The van der Waals surface area contributed by atoms with Crippen LogP contribution in [-0.2, 0) is 4.74 Å². The van der Waals surface area contributed by atoms with Crippen molar-refractivity contribution in [2.24, 2.45) is 0 Å². The number of hydrogen-bond donors (Lipinski definition) is 2. The van der Waals surface area contributed by atoms with Crippen molar-refractivity contribution in [3.05, 3.63) is 18.2 Å². The molecule has 1 aromatic rings. The molecule has 0 aliphatic carbocycles. The Balaban J connectivity index is 1.79. The maximum Gasteiger partial charge on any atom is 0.170 e. The van der Waals surface area contributed by atoms with Gasteiger partial charge in [-0.1, -0.05) is 0 Å². The number of rotatable bonds is 6. The topological polar surface area (TPSA) is 51.8 Å². The van der Waals surface area contributed by atoms with Gasteiger partial charge in [0.1, 0.15) is 0 Å². The Hall–Kier alpha value is -1.53. The van der Waals surface area contributed by atoms with Crippen molar-refractivity contribution in [3.63, 3.8) is 0 Å². The van der Waals surface area contributed by atoms with Crippen LogP contribution in [0.4, 0.5) is 5.69 Å². The number of anilines is 1. The van der Waals surface area contributed by atoms with Crippen LogP contribution in [0.15, 0.2) is 18.2 Å². The third-order valence-corrected chi connectivity index (χ3v) is 3.21. The van der Waals surface area contributed by atoms with Crippen molar-refractivity contribution >= 4 is 23.0 Å². The number of ether oxygens (including phenoxy) is 3. The van der Waals surface area contributed by atoms with Gasteiger partial charge in [-0.3, -0.25) is 0 Å². The van der Waals surface area contributed by atoms with E-state index in [4.69, 9.17) is 26.4 Å². The van der Waals surface area contributed by atoms with Gasteiger partial charge in [0.05, 0.1) is 13.2 Å². The minimum absolute atomic E-state index is 0.598. The minimum Gasteiger partial charge on any atom is -0.490 e. The number of hydrogen-bond acceptors (Lipinski definition) is 4. The monoisotopic (exact) mass is 310 g/mol. The molecule has 5 nitrogen and oxygen atoms in total. The van der Waals surface area contributed by atoms with Crippen LogP contribution in [0.5, 0.6) is 11.5 Å². The number of nitrogens with one attached hydrogen (secondary N) is 2. The molecule has 1 heterocycles. The average molecular weight is 310 g/mol. The Bertz CT molecular complexity index is 468. The summed E-state index contributed by atoms with van der Waals surface area (Å²) in [5.41, 5.74) is 0.890. The van der Waals surface area contributed by atoms with Crippen molar-refractivity contribution in [2.75, 3.05) is 38.3 Å². The normalized spacial score (nSPS) is 13.4. The Kier molecular flexibility index (Phi) is 6.56. The number of benzene rings is 1. The van der Waals surface area contributed by atoms with E-state index in [9.17, 15) is 0 Å². The van der Waals surface area contributed by atoms with E-state index >= 15 is 0 Å². The highest BCUT2D eigenvalue weighted by molar-refractivity contribution is 7.80. The van der Waals surface area contributed by atoms with Gasteiger partial charge in [0.2, 0.25) is 0 Å². The summed E-state index contributed by atoms with van der Waals surface area (Å²) in [4.78, 5) is 0. The zero-order valence-electron chi connectivity index (χ0n) is 12.3. The molecule has 116 valence electrons. The average Bonchev–Trinajstić information content (AvgIpc) is 2.72. The van der Waals surface area contributed by atoms with E-state index in [1.807, 2.05) is 25.1 Å². The summed E-state index contributed by atoms with van der Waals surface area (Å²) in [7, 11) is 0. The van der Waals surface area contributed by atoms with Crippen LogP contribution in [0, 0.1) is 0 Å². The Morgan fingerprint density at radius 3 is 2.90 bits per heavy atom. The van der Waals surface area contributed by atoms with E-state index < -0.39 is 0 Å². The van der Waals surface area contributed by atoms with Gasteiger partial charge in [-0.2, -0.15) is 0 Å². The van der Waals surface area contributed by atoms with Gasteiger partial charge in [-0.15, -0.1) is 0 Å². The molecule has 0 saturated heterocycles. The molecule has 0 saturated carbocycles. The van der Waals surface area contributed by atoms with Crippen molar-refractivity contribution in [1.29, 1.82) is 0 Å². The molecule has 6 heteroatoms. The molecule has 0 radical (unpaired) electrons. The summed E-state index contributed by atoms with van der Waals surface area (Å²) >= 11 is 5.26. The molecule has 0 unspecified atom stereocenters. The van der Waals surface area contributed by atoms with Gasteiger partial charge in [0.25, 0.3) is 0 Å². The molecule has 0 aromatic heterocycles. The van der Waals surface area contributed by atoms with Crippen LogP contribution >= 0.6 is 12.2 Å². The Morgan fingerprint density at radius 1 is 1.29 bits per heavy atom. The van der Waals surface area contributed by atoms with E-state index in [1.54, 1.807) is 0 Å². The summed E-state index contributed by atoms with van der Waals surface area (Å²) < 4.78 is 16.5. The minimum atomic E-state index is 0.598. The maximum absolute atomic E-state index is 5.65. The maximum atomic E-state index is 5.65. The number of fused-ring (bicyclic) bond motifs is 1. The van der Waals surface area contributed by atoms with Crippen LogP contribution < -0.4 is 20.1 Å². The predicted molar refractivity (Wildman–Crippen MR) is 87.4 cm³/mol. The van der Waals surface area contributed by atoms with Crippen LogP contribution in [0.2, 0.25) is 0 Å². The van der Waals surface area contributed by atoms with E-state index in [-0.39, 0.29) is 0 Å². The van der Waals surface area contributed by atoms with Gasteiger partial charge in [0.15, 0.2) is 16.6 Å². The third kappa shape index (κ3) is 5.40. The molecular weight excluding hydrogens is 288 g/mol. The molecule has 2 N–H and O–H groups in total. The second-order valence-corrected chi connectivity index (χ2v) is 5.05. The lowest BCUT2D eigenvalue weighted by atomic mass is 10.3. The van der Waals surface area contributed by atoms with Crippen molar-refractivity contribution in [1.82, 2.24) is 5.32 Å². The molecule has 0 bridgehead atoms. The summed E-state index contributed by atoms with van der Waals surface area (Å²) in [6.07, 6.45) is 1.83. The van der Waals surface area contributed by atoms with Crippen LogP contribution in [0.1, 0.15) is 19.8 Å². The zero-order valence-corrected chi connectivity index (χ0v) is 13.1. The summed E-state index contributed by atoms with van der Waals surface area (Å²) in [5, 5.41) is 6.90. The van der Waals surface area contributed by atoms with Gasteiger partial charge in [0, 0.05) is 37.9 Å². The quantitative estimate of drug-likeness (QED) is 0.622. The molecule has 0 spiro atoms. The molecular formula is C15H22N2O3S. The lowest BCUT2D eigenvalue weighted by Gasteiger charge is -2.13. The molecule has 0 atom stereocenters. The zero-order chi connectivity index (χ0) is 14.9. The second kappa shape index (κ2) is 8.69. The highest BCUT2D eigenvalue weighted by atomic mass is 32.1. The molecule has 0 amide bonds. The summed E-state index contributed by atoms with van der Waals surface area (Å²) in [6.45, 7) is 5.65. The lowest BCUT2D eigenvalue weighted by molar-refractivity contribution is 0.146. The highest BCUT2D eigenvalue weighted by Crippen LogP contribution is 2.32. The summed E-state index contributed by atoms with van der Waals surface area (Å²) in [6, 6.07) is 5.75. The van der Waals surface area contributed by atoms with E-state index in [1.165, 1.54) is 0 Å². The van der Waals surface area contributed by atoms with E-state index in [0.717, 1.165) is 49.8 Å². The predicted octanol–water partition coefficient (Wildman–Crippen LogP) is 2.56. The van der Waals surface area contributed by atoms with E-state index in [0.29, 0.717) is 18.3 Å². The first-order valence-corrected chi connectivity index (χ1v) is 7.72. The van der Waals surface area contributed by atoms with Crippen LogP contribution in [0.25, 0.3) is 0 Å². The smallest absolute Gasteiger partial charge is 0.170 e. The fraction of sp³-hybridized carbons (Fsp3) is 0.533. The highest BCUT2D eigenvalue weighted by Gasteiger charge is 2.10. The summed E-state index contributed by atoms with van der Waals surface area (Å²) in [5.74, 6) is 1.55. The van der Waals surface area contributed by atoms with E-state index in [2.05, 4.69) is 10.6 Å². The SMILES string of the molecule is CCOCCCNC(=S)Nc1ccc2c(c1)OCCCO2. The van der Waals surface area contributed by atoms with Gasteiger partial charge in [-0.25, -0.2) is 0 Å². The van der Waals surface area contributed by atoms with Gasteiger partial charge in [-0.05, 0) is 37.7 Å². The molecule has 0 fully saturated rings. The third-order valence-electron chi connectivity index (χ3n) is 2.96. The standard InChI is InChI=1S/C15H22N2O3S/c1-2-18-8-3-7-16-15(21)17-12-5-6-13-14(11-12)20-10-4-9-19-13/h5-6,11H,2-4,7-10H2,1H3,(H2,16,17,21). The molecule has 21 heavy (non-hydrogen) atoms. The second-order valence-electron chi connectivity index (χ2n) is 4.64. The molecule has 1 aromatic carbocycles. The molecule has 1 aliphatic rings. The fourth-order valence-electron chi connectivity index (χ4n) is 1.94. The Labute approximate surface area is 131 Å². The first-order chi connectivity index (χ1) is 10.3. The largest absolute Gasteiger partial charge is 0.490 e. The van der Waals surface area contributed by atoms with Gasteiger partial charge < -0.3 is 24.8 Å². The van der Waals surface area contributed by atoms with Crippen molar-refractivity contribution < 1.29 is 14.2 Å². The van der Waals surface area contributed by atoms with Crippen molar-refractivity contribution in [2.45, 2.75) is 19.8 Å². The molecule has 2 rings (SSSR count). The van der Waals surface area contributed by atoms with Crippen LogP contribution in [0.3, 0.4) is 0 Å². The molecule has 1 aliphatic heterocycles.